The zero-order chi connectivity index (χ0) is 13.1. The number of carbonyl (C=O) groups excluding carboxylic acids is 2. The summed E-state index contributed by atoms with van der Waals surface area (Å²) >= 11 is 0. The van der Waals surface area contributed by atoms with Crippen LogP contribution in [0.4, 0.5) is 5.69 Å². The standard InChI is InChI=1S/C13H12N2O3/c1-2-18-13(17)9(7-14)11-8-5-3-4-6-10(8)15-12(11)16/h3-6,9,11H,2H2,1H3,(H,15,16)/t9-,11+/m0/s1. The first-order valence-corrected chi connectivity index (χ1v) is 5.65. The van der Waals surface area contributed by atoms with Crippen LogP contribution < -0.4 is 5.32 Å². The maximum Gasteiger partial charge on any atom is 0.324 e. The number of benzene rings is 1. The smallest absolute Gasteiger partial charge is 0.324 e. The number of nitrogens with one attached hydrogen (secondary N) is 1. The minimum absolute atomic E-state index is 0.187. The van der Waals surface area contributed by atoms with Crippen LogP contribution in [-0.2, 0) is 14.3 Å². The van der Waals surface area contributed by atoms with Gasteiger partial charge in [-0.3, -0.25) is 9.59 Å². The van der Waals surface area contributed by atoms with Crippen LogP contribution in [0.5, 0.6) is 0 Å². The van der Waals surface area contributed by atoms with E-state index in [-0.39, 0.29) is 12.5 Å². The van der Waals surface area contributed by atoms with E-state index in [1.807, 2.05) is 6.07 Å². The van der Waals surface area contributed by atoms with E-state index in [1.54, 1.807) is 31.2 Å². The molecule has 0 radical (unpaired) electrons. The second-order valence-corrected chi connectivity index (χ2v) is 3.91. The first kappa shape index (κ1) is 12.1. The molecule has 18 heavy (non-hydrogen) atoms. The van der Waals surface area contributed by atoms with Crippen molar-refractivity contribution >= 4 is 17.6 Å². The Morgan fingerprint density at radius 3 is 2.94 bits per heavy atom. The predicted molar refractivity (Wildman–Crippen MR) is 63.5 cm³/mol. The fourth-order valence-corrected chi connectivity index (χ4v) is 2.06. The van der Waals surface area contributed by atoms with Gasteiger partial charge in [0.1, 0.15) is 0 Å². The van der Waals surface area contributed by atoms with Gasteiger partial charge in [0, 0.05) is 5.69 Å². The van der Waals surface area contributed by atoms with E-state index in [0.29, 0.717) is 11.3 Å². The largest absolute Gasteiger partial charge is 0.465 e. The molecule has 1 amide bonds. The maximum absolute atomic E-state index is 11.9. The van der Waals surface area contributed by atoms with Gasteiger partial charge in [-0.2, -0.15) is 5.26 Å². The minimum atomic E-state index is -1.10. The van der Waals surface area contributed by atoms with Crippen molar-refractivity contribution in [3.8, 4) is 6.07 Å². The van der Waals surface area contributed by atoms with Crippen LogP contribution in [0.2, 0.25) is 0 Å². The molecule has 0 fully saturated rings. The number of anilines is 1. The summed E-state index contributed by atoms with van der Waals surface area (Å²) in [6, 6.07) is 8.90. The van der Waals surface area contributed by atoms with Crippen LogP contribution >= 0.6 is 0 Å². The van der Waals surface area contributed by atoms with Crippen LogP contribution in [0.3, 0.4) is 0 Å². The van der Waals surface area contributed by atoms with Crippen LogP contribution in [0, 0.1) is 17.2 Å². The van der Waals surface area contributed by atoms with Gasteiger partial charge >= 0.3 is 5.97 Å². The van der Waals surface area contributed by atoms with E-state index in [2.05, 4.69) is 5.32 Å². The highest BCUT2D eigenvalue weighted by atomic mass is 16.5. The number of carbonyl (C=O) groups is 2. The van der Waals surface area contributed by atoms with Crippen LogP contribution in [0.15, 0.2) is 24.3 Å². The van der Waals surface area contributed by atoms with Crippen LogP contribution in [0.25, 0.3) is 0 Å². The highest BCUT2D eigenvalue weighted by molar-refractivity contribution is 6.05. The molecule has 0 aliphatic carbocycles. The number of amides is 1. The summed E-state index contributed by atoms with van der Waals surface area (Å²) in [6.07, 6.45) is 0. The van der Waals surface area contributed by atoms with Gasteiger partial charge in [-0.15, -0.1) is 0 Å². The Kier molecular flexibility index (Phi) is 3.28. The van der Waals surface area contributed by atoms with Crippen LogP contribution in [0.1, 0.15) is 18.4 Å². The third-order valence-electron chi connectivity index (χ3n) is 2.85. The quantitative estimate of drug-likeness (QED) is 0.815. The zero-order valence-corrected chi connectivity index (χ0v) is 9.84. The summed E-state index contributed by atoms with van der Waals surface area (Å²) in [5.74, 6) is -2.88. The van der Waals surface area contributed by atoms with E-state index in [4.69, 9.17) is 10.00 Å². The molecule has 0 saturated carbocycles. The molecule has 0 unspecified atom stereocenters. The molecule has 0 saturated heterocycles. The first-order chi connectivity index (χ1) is 8.69. The van der Waals surface area contributed by atoms with Gasteiger partial charge in [0.05, 0.1) is 18.6 Å². The lowest BCUT2D eigenvalue weighted by Gasteiger charge is -2.13. The Balaban J connectivity index is 2.35. The summed E-state index contributed by atoms with van der Waals surface area (Å²) in [7, 11) is 0. The molecule has 1 aromatic carbocycles. The van der Waals surface area contributed by atoms with Crippen molar-refractivity contribution in [3.63, 3.8) is 0 Å². The molecule has 1 N–H and O–H groups in total. The average Bonchev–Trinajstić information content (AvgIpc) is 2.68. The van der Waals surface area contributed by atoms with Crippen molar-refractivity contribution in [2.45, 2.75) is 12.8 Å². The minimum Gasteiger partial charge on any atom is -0.465 e. The Labute approximate surface area is 104 Å². The number of para-hydroxylation sites is 1. The number of nitriles is 1. The Bertz CT molecular complexity index is 533. The Morgan fingerprint density at radius 1 is 1.56 bits per heavy atom. The van der Waals surface area contributed by atoms with Gasteiger partial charge in [-0.05, 0) is 18.6 Å². The van der Waals surface area contributed by atoms with Crippen molar-refractivity contribution < 1.29 is 14.3 Å². The molecule has 2 rings (SSSR count). The molecule has 1 aromatic rings. The van der Waals surface area contributed by atoms with Crippen LogP contribution in [-0.4, -0.2) is 18.5 Å². The number of ether oxygens (including phenoxy) is 1. The highest BCUT2D eigenvalue weighted by Gasteiger charge is 2.41. The highest BCUT2D eigenvalue weighted by Crippen LogP contribution is 2.37. The molecule has 2 atom stereocenters. The molecule has 92 valence electrons. The number of hydrogen-bond acceptors (Lipinski definition) is 4. The second kappa shape index (κ2) is 4.88. The summed E-state index contributed by atoms with van der Waals surface area (Å²) in [4.78, 5) is 23.6. The summed E-state index contributed by atoms with van der Waals surface area (Å²) in [5.41, 5.74) is 1.32. The van der Waals surface area contributed by atoms with Gasteiger partial charge < -0.3 is 10.1 Å². The average molecular weight is 244 g/mol. The fourth-order valence-electron chi connectivity index (χ4n) is 2.06. The van der Waals surface area contributed by atoms with E-state index in [9.17, 15) is 9.59 Å². The van der Waals surface area contributed by atoms with E-state index < -0.39 is 17.8 Å². The van der Waals surface area contributed by atoms with E-state index in [0.717, 1.165) is 0 Å². The second-order valence-electron chi connectivity index (χ2n) is 3.91. The number of fused-ring (bicyclic) bond motifs is 1. The lowest BCUT2D eigenvalue weighted by molar-refractivity contribution is -0.147. The third-order valence-corrected chi connectivity index (χ3v) is 2.85. The van der Waals surface area contributed by atoms with Gasteiger partial charge in [0.2, 0.25) is 5.91 Å². The van der Waals surface area contributed by atoms with Crippen molar-refractivity contribution in [1.82, 2.24) is 0 Å². The lowest BCUT2D eigenvalue weighted by atomic mass is 9.88. The molecule has 1 aliphatic rings. The monoisotopic (exact) mass is 244 g/mol. The Morgan fingerprint density at radius 2 is 2.28 bits per heavy atom. The number of esters is 1. The van der Waals surface area contributed by atoms with Crippen molar-refractivity contribution in [2.24, 2.45) is 5.92 Å². The zero-order valence-electron chi connectivity index (χ0n) is 9.84. The number of rotatable bonds is 3. The topological polar surface area (TPSA) is 79.2 Å². The van der Waals surface area contributed by atoms with Crippen molar-refractivity contribution in [1.29, 1.82) is 5.26 Å². The number of nitrogens with zero attached hydrogens (tertiary/aromatic N) is 1. The first-order valence-electron chi connectivity index (χ1n) is 5.65. The molecule has 1 heterocycles. The third kappa shape index (κ3) is 1.93. The van der Waals surface area contributed by atoms with Crippen molar-refractivity contribution in [2.75, 3.05) is 11.9 Å². The lowest BCUT2D eigenvalue weighted by Crippen LogP contribution is -2.27. The van der Waals surface area contributed by atoms with Gasteiger partial charge in [-0.1, -0.05) is 18.2 Å². The van der Waals surface area contributed by atoms with Crippen molar-refractivity contribution in [3.05, 3.63) is 29.8 Å². The molecular weight excluding hydrogens is 232 g/mol. The molecule has 0 spiro atoms. The molecule has 5 heteroatoms. The SMILES string of the molecule is CCOC(=O)[C@@H](C#N)[C@@H]1C(=O)Nc2ccccc21. The molecule has 5 nitrogen and oxygen atoms in total. The summed E-state index contributed by atoms with van der Waals surface area (Å²) in [6.45, 7) is 1.85. The summed E-state index contributed by atoms with van der Waals surface area (Å²) < 4.78 is 4.83. The van der Waals surface area contributed by atoms with E-state index in [1.165, 1.54) is 0 Å². The van der Waals surface area contributed by atoms with Gasteiger partial charge in [-0.25, -0.2) is 0 Å². The molecular formula is C13H12N2O3. The van der Waals surface area contributed by atoms with Gasteiger partial charge in [0.15, 0.2) is 5.92 Å². The Hall–Kier alpha value is -2.35. The summed E-state index contributed by atoms with van der Waals surface area (Å²) in [5, 5.41) is 11.8. The number of hydrogen-bond donors (Lipinski definition) is 1. The maximum atomic E-state index is 11.9. The van der Waals surface area contributed by atoms with E-state index >= 15 is 0 Å². The van der Waals surface area contributed by atoms with Gasteiger partial charge in [0.25, 0.3) is 0 Å². The molecule has 1 aliphatic heterocycles. The predicted octanol–water partition coefficient (Wildman–Crippen LogP) is 1.43. The molecule has 0 aromatic heterocycles. The normalized spacial score (nSPS) is 18.4. The molecule has 0 bridgehead atoms. The fraction of sp³-hybridized carbons (Fsp3) is 0.308.